The van der Waals surface area contributed by atoms with Crippen LogP contribution in [0.5, 0.6) is 5.75 Å². The number of allylic oxidation sites excluding steroid dienone is 2. The van der Waals surface area contributed by atoms with Gasteiger partial charge < -0.3 is 4.74 Å². The molecule has 3 heteroatoms. The minimum Gasteiger partial charge on any atom is -0.484 e. The number of para-hydroxylation sites is 4. The molecule has 0 radical (unpaired) electrons. The SMILES string of the molecule is Cc1c(-c2cccc3c2OC2C=CC=CC32)cccc1-c1nc2ccccc2n1-c1ccccc1. The molecule has 3 nitrogen and oxygen atoms in total. The average molecular weight is 453 g/mol. The first-order valence-electron chi connectivity index (χ1n) is 12.1. The van der Waals surface area contributed by atoms with Crippen LogP contribution >= 0.6 is 0 Å². The van der Waals surface area contributed by atoms with Gasteiger partial charge in [0.15, 0.2) is 0 Å². The van der Waals surface area contributed by atoms with Crippen LogP contribution < -0.4 is 4.74 Å². The fourth-order valence-corrected chi connectivity index (χ4v) is 5.49. The smallest absolute Gasteiger partial charge is 0.146 e. The molecule has 0 fully saturated rings. The summed E-state index contributed by atoms with van der Waals surface area (Å²) < 4.78 is 8.74. The molecule has 0 saturated carbocycles. The van der Waals surface area contributed by atoms with Crippen LogP contribution in [0.25, 0.3) is 39.2 Å². The summed E-state index contributed by atoms with van der Waals surface area (Å²) in [5.74, 6) is 2.22. The van der Waals surface area contributed by atoms with E-state index in [0.29, 0.717) is 0 Å². The maximum atomic E-state index is 6.48. The van der Waals surface area contributed by atoms with E-state index < -0.39 is 0 Å². The van der Waals surface area contributed by atoms with Crippen LogP contribution in [0.15, 0.2) is 115 Å². The number of aromatic nitrogens is 2. The van der Waals surface area contributed by atoms with Gasteiger partial charge in [-0.1, -0.05) is 85.0 Å². The van der Waals surface area contributed by atoms with Gasteiger partial charge in [-0.25, -0.2) is 4.98 Å². The molecule has 2 atom stereocenters. The topological polar surface area (TPSA) is 27.1 Å². The van der Waals surface area contributed by atoms with Crippen LogP contribution in [0.3, 0.4) is 0 Å². The summed E-state index contributed by atoms with van der Waals surface area (Å²) in [6, 6.07) is 31.8. The summed E-state index contributed by atoms with van der Waals surface area (Å²) in [6.07, 6.45) is 8.66. The van der Waals surface area contributed by atoms with E-state index in [2.05, 4.69) is 115 Å². The Hall–Kier alpha value is -4.37. The van der Waals surface area contributed by atoms with E-state index in [1.807, 2.05) is 12.1 Å². The maximum Gasteiger partial charge on any atom is 0.146 e. The zero-order chi connectivity index (χ0) is 23.4. The van der Waals surface area contributed by atoms with E-state index in [-0.39, 0.29) is 12.0 Å². The summed E-state index contributed by atoms with van der Waals surface area (Å²) in [6.45, 7) is 2.19. The Morgan fingerprint density at radius 1 is 0.714 bits per heavy atom. The number of rotatable bonds is 3. The van der Waals surface area contributed by atoms with Crippen molar-refractivity contribution in [2.24, 2.45) is 0 Å². The van der Waals surface area contributed by atoms with Gasteiger partial charge in [-0.05, 0) is 48.4 Å². The van der Waals surface area contributed by atoms with E-state index in [9.17, 15) is 0 Å². The number of nitrogens with zero attached hydrogens (tertiary/aromatic N) is 2. The number of hydrogen-bond acceptors (Lipinski definition) is 2. The molecule has 0 bridgehead atoms. The van der Waals surface area contributed by atoms with Gasteiger partial charge in [-0.15, -0.1) is 0 Å². The fraction of sp³-hybridized carbons (Fsp3) is 0.0938. The highest BCUT2D eigenvalue weighted by molar-refractivity contribution is 5.87. The molecule has 2 unspecified atom stereocenters. The first-order chi connectivity index (χ1) is 17.3. The molecular formula is C32H24N2O. The fourth-order valence-electron chi connectivity index (χ4n) is 5.49. The monoisotopic (exact) mass is 452 g/mol. The molecule has 2 heterocycles. The lowest BCUT2D eigenvalue weighted by Crippen LogP contribution is -2.15. The largest absolute Gasteiger partial charge is 0.484 e. The molecule has 168 valence electrons. The molecule has 2 aliphatic rings. The molecule has 7 rings (SSSR count). The minimum absolute atomic E-state index is 0.0712. The molecule has 0 spiro atoms. The highest BCUT2D eigenvalue weighted by atomic mass is 16.5. The Morgan fingerprint density at radius 3 is 2.37 bits per heavy atom. The van der Waals surface area contributed by atoms with Crippen LogP contribution in [-0.2, 0) is 0 Å². The minimum atomic E-state index is 0.0712. The number of benzene rings is 4. The van der Waals surface area contributed by atoms with Crippen LogP contribution in [0.1, 0.15) is 17.0 Å². The Bertz CT molecular complexity index is 1640. The van der Waals surface area contributed by atoms with Gasteiger partial charge >= 0.3 is 0 Å². The number of fused-ring (bicyclic) bond motifs is 4. The molecule has 0 N–H and O–H groups in total. The lowest BCUT2D eigenvalue weighted by molar-refractivity contribution is 0.270. The summed E-state index contributed by atoms with van der Waals surface area (Å²) in [5.41, 5.74) is 9.08. The average Bonchev–Trinajstić information content (AvgIpc) is 3.48. The van der Waals surface area contributed by atoms with Crippen molar-refractivity contribution in [3.63, 3.8) is 0 Å². The highest BCUT2D eigenvalue weighted by Gasteiger charge is 2.34. The van der Waals surface area contributed by atoms with Crippen molar-refractivity contribution in [1.29, 1.82) is 0 Å². The van der Waals surface area contributed by atoms with Crippen molar-refractivity contribution in [2.45, 2.75) is 18.9 Å². The van der Waals surface area contributed by atoms with E-state index in [0.717, 1.165) is 39.4 Å². The number of hydrogen-bond donors (Lipinski definition) is 0. The molecule has 5 aromatic rings. The molecule has 0 amide bonds. The summed E-state index contributed by atoms with van der Waals surface area (Å²) in [7, 11) is 0. The molecule has 1 aliphatic heterocycles. The van der Waals surface area contributed by atoms with Crippen molar-refractivity contribution in [3.05, 3.63) is 126 Å². The Morgan fingerprint density at radius 2 is 1.46 bits per heavy atom. The van der Waals surface area contributed by atoms with Crippen LogP contribution in [0.4, 0.5) is 0 Å². The molecule has 4 aromatic carbocycles. The number of imidazole rings is 1. The zero-order valence-corrected chi connectivity index (χ0v) is 19.4. The summed E-state index contributed by atoms with van der Waals surface area (Å²) in [4.78, 5) is 5.10. The van der Waals surface area contributed by atoms with Gasteiger partial charge in [0.1, 0.15) is 17.7 Å². The van der Waals surface area contributed by atoms with Gasteiger partial charge in [-0.2, -0.15) is 0 Å². The predicted octanol–water partition coefficient (Wildman–Crippen LogP) is 7.64. The second kappa shape index (κ2) is 7.85. The van der Waals surface area contributed by atoms with Crippen molar-refractivity contribution in [2.75, 3.05) is 0 Å². The molecular weight excluding hydrogens is 428 g/mol. The third kappa shape index (κ3) is 3.08. The van der Waals surface area contributed by atoms with E-state index in [1.54, 1.807) is 0 Å². The Kier molecular flexibility index (Phi) is 4.49. The van der Waals surface area contributed by atoms with Gasteiger partial charge in [0.2, 0.25) is 0 Å². The normalized spacial score (nSPS) is 17.9. The third-order valence-corrected chi connectivity index (χ3v) is 7.18. The van der Waals surface area contributed by atoms with Gasteiger partial charge in [-0.3, -0.25) is 4.57 Å². The molecule has 0 saturated heterocycles. The summed E-state index contributed by atoms with van der Waals surface area (Å²) >= 11 is 0. The van der Waals surface area contributed by atoms with Gasteiger partial charge in [0, 0.05) is 28.3 Å². The van der Waals surface area contributed by atoms with E-state index in [4.69, 9.17) is 9.72 Å². The summed E-state index contributed by atoms with van der Waals surface area (Å²) in [5, 5.41) is 0. The highest BCUT2D eigenvalue weighted by Crippen LogP contribution is 2.47. The van der Waals surface area contributed by atoms with Gasteiger partial charge in [0.05, 0.1) is 11.0 Å². The van der Waals surface area contributed by atoms with Crippen molar-refractivity contribution in [3.8, 4) is 34.0 Å². The second-order valence-electron chi connectivity index (χ2n) is 9.18. The van der Waals surface area contributed by atoms with Gasteiger partial charge in [0.25, 0.3) is 0 Å². The molecule has 1 aliphatic carbocycles. The molecule has 1 aromatic heterocycles. The van der Waals surface area contributed by atoms with Crippen molar-refractivity contribution in [1.82, 2.24) is 9.55 Å². The first kappa shape index (κ1) is 20.0. The van der Waals surface area contributed by atoms with Crippen LogP contribution in [-0.4, -0.2) is 15.7 Å². The number of ether oxygens (including phenoxy) is 1. The zero-order valence-electron chi connectivity index (χ0n) is 19.4. The Balaban J connectivity index is 1.43. The molecule has 35 heavy (non-hydrogen) atoms. The maximum absolute atomic E-state index is 6.48. The third-order valence-electron chi connectivity index (χ3n) is 7.18. The standard InChI is InChI=1S/C32H24N2O/c1-21-23(26-16-10-17-27-25-13-5-8-20-30(25)35-31(26)27)14-9-15-24(21)32-33-28-18-6-7-19-29(28)34(32)22-11-3-2-4-12-22/h2-20,25,30H,1H3. The van der Waals surface area contributed by atoms with E-state index in [1.165, 1.54) is 16.7 Å². The lowest BCUT2D eigenvalue weighted by atomic mass is 9.89. The predicted molar refractivity (Wildman–Crippen MR) is 142 cm³/mol. The van der Waals surface area contributed by atoms with Crippen LogP contribution in [0.2, 0.25) is 0 Å². The quantitative estimate of drug-likeness (QED) is 0.281. The second-order valence-corrected chi connectivity index (χ2v) is 9.18. The van der Waals surface area contributed by atoms with Crippen LogP contribution in [0, 0.1) is 6.92 Å². The van der Waals surface area contributed by atoms with Crippen molar-refractivity contribution >= 4 is 11.0 Å². The van der Waals surface area contributed by atoms with E-state index >= 15 is 0 Å². The van der Waals surface area contributed by atoms with Crippen molar-refractivity contribution < 1.29 is 4.74 Å². The first-order valence-corrected chi connectivity index (χ1v) is 12.1. The Labute approximate surface area is 204 Å². The lowest BCUT2D eigenvalue weighted by Gasteiger charge is -2.16.